The number of nitrogens with one attached hydrogen (secondary N) is 1. The summed E-state index contributed by atoms with van der Waals surface area (Å²) in [5, 5.41) is 7.07. The molecule has 0 aliphatic carbocycles. The number of rotatable bonds is 3. The molecule has 0 radical (unpaired) electrons. The lowest BCUT2D eigenvalue weighted by Crippen LogP contribution is -2.38. The Hall–Kier alpha value is -1.79. The van der Waals surface area contributed by atoms with Gasteiger partial charge in [-0.15, -0.1) is 0 Å². The molecule has 112 valence electrons. The van der Waals surface area contributed by atoms with E-state index in [9.17, 15) is 0 Å². The van der Waals surface area contributed by atoms with Crippen molar-refractivity contribution in [2.75, 3.05) is 19.7 Å². The lowest BCUT2D eigenvalue weighted by atomic mass is 10.1. The normalized spacial score (nSPS) is 19.9. The van der Waals surface area contributed by atoms with Crippen LogP contribution in [0.2, 0.25) is 0 Å². The molecule has 0 bridgehead atoms. The summed E-state index contributed by atoms with van der Waals surface area (Å²) in [7, 11) is 0. The fourth-order valence-corrected chi connectivity index (χ4v) is 2.71. The van der Waals surface area contributed by atoms with E-state index in [1.807, 2.05) is 26.1 Å². The first-order valence-electron chi connectivity index (χ1n) is 7.27. The van der Waals surface area contributed by atoms with Gasteiger partial charge in [0.2, 0.25) is 0 Å². The van der Waals surface area contributed by atoms with Crippen LogP contribution in [-0.2, 0) is 11.3 Å². The Bertz CT molecular complexity index is 604. The smallest absolute Gasteiger partial charge is 0.125 e. The molecule has 1 saturated heterocycles. The van der Waals surface area contributed by atoms with Crippen LogP contribution in [0, 0.1) is 20.8 Å². The third kappa shape index (κ3) is 3.28. The number of hydrogen-bond acceptors (Lipinski definition) is 5. The average molecular weight is 287 g/mol. The van der Waals surface area contributed by atoms with Gasteiger partial charge >= 0.3 is 0 Å². The molecule has 1 N–H and O–H groups in total. The van der Waals surface area contributed by atoms with Gasteiger partial charge in [0.15, 0.2) is 0 Å². The van der Waals surface area contributed by atoms with Crippen LogP contribution in [0.15, 0.2) is 12.3 Å². The highest BCUT2D eigenvalue weighted by molar-refractivity contribution is 5.16. The SMILES string of the molecule is Cc1cc(C2CN(Cc3cn[nH]c3C)CCO2)nc(C)n1. The molecule has 1 unspecified atom stereocenters. The Labute approximate surface area is 124 Å². The maximum Gasteiger partial charge on any atom is 0.125 e. The Balaban J connectivity index is 1.72. The molecule has 6 heteroatoms. The highest BCUT2D eigenvalue weighted by Crippen LogP contribution is 2.22. The molecule has 1 aliphatic heterocycles. The molecule has 0 saturated carbocycles. The van der Waals surface area contributed by atoms with Gasteiger partial charge in [-0.3, -0.25) is 10.00 Å². The first-order valence-corrected chi connectivity index (χ1v) is 7.27. The van der Waals surface area contributed by atoms with Crippen LogP contribution < -0.4 is 0 Å². The Morgan fingerprint density at radius 3 is 2.90 bits per heavy atom. The van der Waals surface area contributed by atoms with Gasteiger partial charge < -0.3 is 4.74 Å². The van der Waals surface area contributed by atoms with Crippen LogP contribution in [0.4, 0.5) is 0 Å². The number of ether oxygens (including phenoxy) is 1. The van der Waals surface area contributed by atoms with Crippen molar-refractivity contribution >= 4 is 0 Å². The molecule has 0 spiro atoms. The molecular formula is C15H21N5O. The molecule has 1 atom stereocenters. The number of aromatic nitrogens is 4. The van der Waals surface area contributed by atoms with Gasteiger partial charge in [0.05, 0.1) is 18.5 Å². The zero-order chi connectivity index (χ0) is 14.8. The number of aromatic amines is 1. The van der Waals surface area contributed by atoms with Gasteiger partial charge in [-0.05, 0) is 26.8 Å². The van der Waals surface area contributed by atoms with Crippen molar-refractivity contribution < 1.29 is 4.74 Å². The quantitative estimate of drug-likeness (QED) is 0.930. The topological polar surface area (TPSA) is 66.9 Å². The molecule has 2 aromatic rings. The van der Waals surface area contributed by atoms with Crippen molar-refractivity contribution in [1.29, 1.82) is 0 Å². The molecule has 1 fully saturated rings. The fraction of sp³-hybridized carbons (Fsp3) is 0.533. The van der Waals surface area contributed by atoms with Gasteiger partial charge in [0.25, 0.3) is 0 Å². The van der Waals surface area contributed by atoms with Crippen molar-refractivity contribution in [1.82, 2.24) is 25.1 Å². The van der Waals surface area contributed by atoms with E-state index in [1.165, 1.54) is 5.56 Å². The van der Waals surface area contributed by atoms with Crippen LogP contribution in [-0.4, -0.2) is 44.8 Å². The molecule has 21 heavy (non-hydrogen) atoms. The standard InChI is InChI=1S/C15H21N5O/c1-10-6-14(18-12(3)17-10)15-9-20(4-5-21-15)8-13-7-16-19-11(13)2/h6-7,15H,4-5,8-9H2,1-3H3,(H,16,19). The second-order valence-electron chi connectivity index (χ2n) is 5.60. The second kappa shape index (κ2) is 5.91. The predicted octanol–water partition coefficient (Wildman–Crippen LogP) is 1.70. The summed E-state index contributed by atoms with van der Waals surface area (Å²) in [6.07, 6.45) is 1.92. The highest BCUT2D eigenvalue weighted by atomic mass is 16.5. The second-order valence-corrected chi connectivity index (χ2v) is 5.60. The molecule has 2 aromatic heterocycles. The van der Waals surface area contributed by atoms with Crippen molar-refractivity contribution in [3.05, 3.63) is 40.7 Å². The largest absolute Gasteiger partial charge is 0.369 e. The van der Waals surface area contributed by atoms with E-state index in [1.54, 1.807) is 0 Å². The molecule has 0 amide bonds. The van der Waals surface area contributed by atoms with Crippen LogP contribution in [0.1, 0.15) is 34.6 Å². The highest BCUT2D eigenvalue weighted by Gasteiger charge is 2.24. The summed E-state index contributed by atoms with van der Waals surface area (Å²) < 4.78 is 5.90. The average Bonchev–Trinajstić information content (AvgIpc) is 2.84. The fourth-order valence-electron chi connectivity index (χ4n) is 2.71. The summed E-state index contributed by atoms with van der Waals surface area (Å²) in [4.78, 5) is 11.2. The minimum Gasteiger partial charge on any atom is -0.369 e. The van der Waals surface area contributed by atoms with Crippen LogP contribution in [0.3, 0.4) is 0 Å². The predicted molar refractivity (Wildman–Crippen MR) is 78.8 cm³/mol. The third-order valence-electron chi connectivity index (χ3n) is 3.79. The molecule has 3 rings (SSSR count). The van der Waals surface area contributed by atoms with Crippen LogP contribution in [0.25, 0.3) is 0 Å². The molecule has 0 aromatic carbocycles. The summed E-state index contributed by atoms with van der Waals surface area (Å²) >= 11 is 0. The van der Waals surface area contributed by atoms with E-state index in [0.717, 1.165) is 49.1 Å². The lowest BCUT2D eigenvalue weighted by Gasteiger charge is -2.32. The van der Waals surface area contributed by atoms with E-state index in [2.05, 4.69) is 32.0 Å². The molecule has 1 aliphatic rings. The van der Waals surface area contributed by atoms with Gasteiger partial charge in [0.1, 0.15) is 11.9 Å². The Kier molecular flexibility index (Phi) is 3.98. The maximum absolute atomic E-state index is 5.90. The van der Waals surface area contributed by atoms with Gasteiger partial charge in [-0.1, -0.05) is 0 Å². The number of hydrogen-bond donors (Lipinski definition) is 1. The minimum atomic E-state index is 0.0198. The maximum atomic E-state index is 5.90. The number of nitrogens with zero attached hydrogens (tertiary/aromatic N) is 4. The number of aryl methyl sites for hydroxylation is 3. The molecule has 6 nitrogen and oxygen atoms in total. The zero-order valence-corrected chi connectivity index (χ0v) is 12.8. The first-order chi connectivity index (χ1) is 10.1. The monoisotopic (exact) mass is 287 g/mol. The first kappa shape index (κ1) is 14.2. The summed E-state index contributed by atoms with van der Waals surface area (Å²) in [5.41, 5.74) is 4.34. The van der Waals surface area contributed by atoms with E-state index >= 15 is 0 Å². The van der Waals surface area contributed by atoms with Gasteiger partial charge in [0, 0.05) is 36.6 Å². The number of H-pyrrole nitrogens is 1. The van der Waals surface area contributed by atoms with E-state index in [-0.39, 0.29) is 6.10 Å². The summed E-state index contributed by atoms with van der Waals surface area (Å²) in [6.45, 7) is 9.37. The van der Waals surface area contributed by atoms with Crippen molar-refractivity contribution in [2.24, 2.45) is 0 Å². The van der Waals surface area contributed by atoms with E-state index < -0.39 is 0 Å². The van der Waals surface area contributed by atoms with Gasteiger partial charge in [-0.2, -0.15) is 5.10 Å². The van der Waals surface area contributed by atoms with Crippen LogP contribution >= 0.6 is 0 Å². The lowest BCUT2D eigenvalue weighted by molar-refractivity contribution is -0.0352. The van der Waals surface area contributed by atoms with Crippen molar-refractivity contribution in [3.63, 3.8) is 0 Å². The van der Waals surface area contributed by atoms with E-state index in [0.29, 0.717) is 0 Å². The molecule has 3 heterocycles. The van der Waals surface area contributed by atoms with Crippen LogP contribution in [0.5, 0.6) is 0 Å². The number of morpholine rings is 1. The Morgan fingerprint density at radius 2 is 2.19 bits per heavy atom. The van der Waals surface area contributed by atoms with E-state index in [4.69, 9.17) is 4.74 Å². The summed E-state index contributed by atoms with van der Waals surface area (Å²) in [5.74, 6) is 0.802. The zero-order valence-electron chi connectivity index (χ0n) is 12.8. The van der Waals surface area contributed by atoms with Crippen molar-refractivity contribution in [3.8, 4) is 0 Å². The minimum absolute atomic E-state index is 0.0198. The Morgan fingerprint density at radius 1 is 1.33 bits per heavy atom. The third-order valence-corrected chi connectivity index (χ3v) is 3.79. The molecular weight excluding hydrogens is 266 g/mol. The van der Waals surface area contributed by atoms with Crippen molar-refractivity contribution in [2.45, 2.75) is 33.4 Å². The van der Waals surface area contributed by atoms with Gasteiger partial charge in [-0.25, -0.2) is 9.97 Å². The summed E-state index contributed by atoms with van der Waals surface area (Å²) in [6, 6.07) is 2.02.